The smallest absolute Gasteiger partial charge is 0.0264 e. The van der Waals surface area contributed by atoms with Crippen LogP contribution in [-0.2, 0) is 0 Å². The fourth-order valence-electron chi connectivity index (χ4n) is 0.761. The molecule has 1 heteroatoms. The van der Waals surface area contributed by atoms with Crippen molar-refractivity contribution in [2.45, 2.75) is 33.1 Å². The quantitative estimate of drug-likeness (QED) is 0.641. The van der Waals surface area contributed by atoms with Crippen LogP contribution in [0.5, 0.6) is 0 Å². The molecule has 0 aliphatic carbocycles. The third-order valence-electron chi connectivity index (χ3n) is 1.45. The van der Waals surface area contributed by atoms with E-state index in [0.717, 1.165) is 0 Å². The SMILES string of the molecule is C=Cc1cccs1.CCCCC. The molecule has 0 radical (unpaired) electrons. The first-order valence-corrected chi connectivity index (χ1v) is 5.39. The fraction of sp³-hybridized carbons (Fsp3) is 0.455. The third-order valence-corrected chi connectivity index (χ3v) is 2.32. The molecule has 0 spiro atoms. The molecule has 0 saturated carbocycles. The van der Waals surface area contributed by atoms with Crippen molar-refractivity contribution in [2.24, 2.45) is 0 Å². The lowest BCUT2D eigenvalue weighted by Crippen LogP contribution is -1.59. The second kappa shape index (κ2) is 8.54. The van der Waals surface area contributed by atoms with E-state index in [1.165, 1.54) is 24.1 Å². The Morgan fingerprint density at radius 3 is 2.25 bits per heavy atom. The van der Waals surface area contributed by atoms with Crippen LogP contribution >= 0.6 is 11.3 Å². The largest absolute Gasteiger partial charge is 0.144 e. The summed E-state index contributed by atoms with van der Waals surface area (Å²) in [4.78, 5) is 1.24. The van der Waals surface area contributed by atoms with Crippen molar-refractivity contribution in [1.82, 2.24) is 0 Å². The normalized spacial score (nSPS) is 8.50. The highest BCUT2D eigenvalue weighted by Crippen LogP contribution is 2.07. The minimum atomic E-state index is 1.24. The lowest BCUT2D eigenvalue weighted by atomic mass is 10.3. The van der Waals surface area contributed by atoms with Crippen molar-refractivity contribution in [3.8, 4) is 0 Å². The molecule has 0 aliphatic rings. The summed E-state index contributed by atoms with van der Waals surface area (Å²) in [5.74, 6) is 0. The molecule has 0 bridgehead atoms. The second-order valence-corrected chi connectivity index (χ2v) is 3.55. The summed E-state index contributed by atoms with van der Waals surface area (Å²) in [7, 11) is 0. The van der Waals surface area contributed by atoms with Gasteiger partial charge in [-0.2, -0.15) is 0 Å². The zero-order chi connectivity index (χ0) is 9.23. The van der Waals surface area contributed by atoms with Gasteiger partial charge < -0.3 is 0 Å². The van der Waals surface area contributed by atoms with Gasteiger partial charge in [-0.3, -0.25) is 0 Å². The topological polar surface area (TPSA) is 0 Å². The van der Waals surface area contributed by atoms with Crippen LogP contribution in [0.3, 0.4) is 0 Å². The first kappa shape index (κ1) is 11.4. The van der Waals surface area contributed by atoms with Crippen molar-refractivity contribution >= 4 is 17.4 Å². The van der Waals surface area contributed by atoms with Gasteiger partial charge in [0.25, 0.3) is 0 Å². The number of hydrogen-bond acceptors (Lipinski definition) is 1. The Bertz CT molecular complexity index is 173. The average Bonchev–Trinajstić information content (AvgIpc) is 2.58. The molecule has 0 amide bonds. The maximum Gasteiger partial charge on any atom is 0.0264 e. The van der Waals surface area contributed by atoms with Gasteiger partial charge in [-0.15, -0.1) is 11.3 Å². The van der Waals surface area contributed by atoms with E-state index in [2.05, 4.69) is 20.4 Å². The molecule has 0 unspecified atom stereocenters. The van der Waals surface area contributed by atoms with Crippen molar-refractivity contribution in [3.05, 3.63) is 29.0 Å². The number of rotatable bonds is 3. The monoisotopic (exact) mass is 182 g/mol. The van der Waals surface area contributed by atoms with Gasteiger partial charge in [-0.25, -0.2) is 0 Å². The van der Waals surface area contributed by atoms with Gasteiger partial charge in [0.15, 0.2) is 0 Å². The first-order chi connectivity index (χ1) is 5.85. The van der Waals surface area contributed by atoms with Gasteiger partial charge in [0.2, 0.25) is 0 Å². The maximum absolute atomic E-state index is 3.61. The highest BCUT2D eigenvalue weighted by Gasteiger charge is 1.78. The van der Waals surface area contributed by atoms with Gasteiger partial charge in [0.05, 0.1) is 0 Å². The summed E-state index contributed by atoms with van der Waals surface area (Å²) in [6.07, 6.45) is 5.93. The standard InChI is InChI=1S/C6H6S.C5H12/c1-2-6-4-3-5-7-6;1-3-5-4-2/h2-5H,1H2;3-5H2,1-2H3. The molecule has 0 atom stereocenters. The Labute approximate surface area is 79.9 Å². The van der Waals surface area contributed by atoms with E-state index in [9.17, 15) is 0 Å². The number of unbranched alkanes of at least 4 members (excludes halogenated alkanes) is 2. The minimum Gasteiger partial charge on any atom is -0.144 e. The van der Waals surface area contributed by atoms with Crippen LogP contribution < -0.4 is 0 Å². The van der Waals surface area contributed by atoms with E-state index in [0.29, 0.717) is 0 Å². The predicted molar refractivity (Wildman–Crippen MR) is 59.6 cm³/mol. The molecular formula is C11H18S. The van der Waals surface area contributed by atoms with Gasteiger partial charge >= 0.3 is 0 Å². The van der Waals surface area contributed by atoms with Crippen molar-refractivity contribution in [2.75, 3.05) is 0 Å². The molecule has 1 rings (SSSR count). The molecule has 1 heterocycles. The van der Waals surface area contributed by atoms with Crippen LogP contribution in [0.1, 0.15) is 38.0 Å². The van der Waals surface area contributed by atoms with Crippen LogP contribution in [0.15, 0.2) is 24.1 Å². The summed E-state index contributed by atoms with van der Waals surface area (Å²) >= 11 is 1.70. The van der Waals surface area contributed by atoms with Crippen molar-refractivity contribution < 1.29 is 0 Å². The van der Waals surface area contributed by atoms with Crippen LogP contribution in [0, 0.1) is 0 Å². The van der Waals surface area contributed by atoms with Crippen LogP contribution in [0.25, 0.3) is 6.08 Å². The summed E-state index contributed by atoms with van der Waals surface area (Å²) in [5.41, 5.74) is 0. The molecule has 0 aromatic carbocycles. The van der Waals surface area contributed by atoms with Crippen LogP contribution in [-0.4, -0.2) is 0 Å². The first-order valence-electron chi connectivity index (χ1n) is 4.51. The fourth-order valence-corrected chi connectivity index (χ4v) is 1.33. The molecule has 1 aromatic rings. The Kier molecular flexibility index (Phi) is 8.14. The molecule has 0 aliphatic heterocycles. The van der Waals surface area contributed by atoms with E-state index in [-0.39, 0.29) is 0 Å². The molecule has 0 N–H and O–H groups in total. The van der Waals surface area contributed by atoms with Crippen LogP contribution in [0.4, 0.5) is 0 Å². The molecule has 68 valence electrons. The van der Waals surface area contributed by atoms with Crippen molar-refractivity contribution in [1.29, 1.82) is 0 Å². The summed E-state index contributed by atoms with van der Waals surface area (Å²) in [6, 6.07) is 4.05. The lowest BCUT2D eigenvalue weighted by molar-refractivity contribution is 0.772. The number of hydrogen-bond donors (Lipinski definition) is 0. The Morgan fingerprint density at radius 2 is 2.08 bits per heavy atom. The van der Waals surface area contributed by atoms with Gasteiger partial charge in [0, 0.05) is 4.88 Å². The zero-order valence-corrected chi connectivity index (χ0v) is 8.86. The summed E-state index contributed by atoms with van der Waals surface area (Å²) in [5, 5.41) is 2.04. The molecule has 0 nitrogen and oxygen atoms in total. The van der Waals surface area contributed by atoms with E-state index >= 15 is 0 Å². The van der Waals surface area contributed by atoms with Crippen molar-refractivity contribution in [3.63, 3.8) is 0 Å². The van der Waals surface area contributed by atoms with E-state index < -0.39 is 0 Å². The lowest BCUT2D eigenvalue weighted by Gasteiger charge is -1.79. The average molecular weight is 182 g/mol. The van der Waals surface area contributed by atoms with Gasteiger partial charge in [-0.05, 0) is 11.4 Å². The Balaban J connectivity index is 0.000000217. The highest BCUT2D eigenvalue weighted by molar-refractivity contribution is 7.10. The molecular weight excluding hydrogens is 164 g/mol. The van der Waals surface area contributed by atoms with E-state index in [1.54, 1.807) is 11.3 Å². The number of thiophene rings is 1. The third kappa shape index (κ3) is 6.17. The summed E-state index contributed by atoms with van der Waals surface area (Å²) < 4.78 is 0. The molecule has 0 fully saturated rings. The summed E-state index contributed by atoms with van der Waals surface area (Å²) in [6.45, 7) is 8.04. The van der Waals surface area contributed by atoms with Crippen LogP contribution in [0.2, 0.25) is 0 Å². The Hall–Kier alpha value is -0.560. The predicted octanol–water partition coefficient (Wildman–Crippen LogP) is 4.59. The highest BCUT2D eigenvalue weighted by atomic mass is 32.1. The minimum absolute atomic E-state index is 1.24. The van der Waals surface area contributed by atoms with Gasteiger partial charge in [-0.1, -0.05) is 51.8 Å². The van der Waals surface area contributed by atoms with Gasteiger partial charge in [0.1, 0.15) is 0 Å². The van der Waals surface area contributed by atoms with E-state index in [4.69, 9.17) is 0 Å². The zero-order valence-electron chi connectivity index (χ0n) is 8.05. The van der Waals surface area contributed by atoms with E-state index in [1.807, 2.05) is 23.6 Å². The molecule has 0 saturated heterocycles. The molecule has 12 heavy (non-hydrogen) atoms. The second-order valence-electron chi connectivity index (χ2n) is 2.57. The molecule has 1 aromatic heterocycles. The maximum atomic E-state index is 3.61. The Morgan fingerprint density at radius 1 is 1.42 bits per heavy atom.